The molecule has 1 aromatic carbocycles. The maximum Gasteiger partial charge on any atom is 0.0970 e. The second-order valence-corrected chi connectivity index (χ2v) is 5.58. The van der Waals surface area contributed by atoms with Crippen molar-refractivity contribution in [1.82, 2.24) is 0 Å². The first-order chi connectivity index (χ1) is 8.84. The highest BCUT2D eigenvalue weighted by Gasteiger charge is 2.17. The van der Waals surface area contributed by atoms with Gasteiger partial charge in [-0.3, -0.25) is 4.99 Å². The Morgan fingerprint density at radius 3 is 2.53 bits per heavy atom. The van der Waals surface area contributed by atoms with Crippen LogP contribution in [0.5, 0.6) is 0 Å². The van der Waals surface area contributed by atoms with Gasteiger partial charge in [-0.1, -0.05) is 29.3 Å². The number of hydrazone groups is 1. The summed E-state index contributed by atoms with van der Waals surface area (Å²) in [6.45, 7) is 4.25. The lowest BCUT2D eigenvalue weighted by atomic mass is 10.0. The molecule has 104 valence electrons. The van der Waals surface area contributed by atoms with Crippen molar-refractivity contribution in [2.75, 3.05) is 6.54 Å². The van der Waals surface area contributed by atoms with E-state index in [9.17, 15) is 0 Å². The van der Waals surface area contributed by atoms with Gasteiger partial charge >= 0.3 is 0 Å². The average Bonchev–Trinajstić information content (AvgIpc) is 2.32. The van der Waals surface area contributed by atoms with Crippen LogP contribution in [0.3, 0.4) is 0 Å². The zero-order chi connectivity index (χ0) is 14.5. The normalized spacial score (nSPS) is 13.2. The molecule has 0 aromatic heterocycles. The van der Waals surface area contributed by atoms with E-state index in [4.69, 9.17) is 34.8 Å². The molecule has 0 fully saturated rings. The molecule has 0 radical (unpaired) electrons. The van der Waals surface area contributed by atoms with Gasteiger partial charge in [0.1, 0.15) is 0 Å². The van der Waals surface area contributed by atoms with Crippen molar-refractivity contribution in [3.8, 4) is 0 Å². The lowest BCUT2D eigenvalue weighted by molar-refractivity contribution is 0.703. The Morgan fingerprint density at radius 1 is 1.32 bits per heavy atom. The Morgan fingerprint density at radius 2 is 2.00 bits per heavy atom. The van der Waals surface area contributed by atoms with Gasteiger partial charge in [0, 0.05) is 12.8 Å². The molecule has 1 rings (SSSR count). The Kier molecular flexibility index (Phi) is 5.79. The molecule has 4 nitrogen and oxygen atoms in total. The van der Waals surface area contributed by atoms with E-state index in [1.54, 1.807) is 12.3 Å². The third-order valence-corrected chi connectivity index (χ3v) is 3.27. The van der Waals surface area contributed by atoms with Crippen LogP contribution in [0.4, 0.5) is 0 Å². The third-order valence-electron chi connectivity index (χ3n) is 2.53. The summed E-state index contributed by atoms with van der Waals surface area (Å²) in [5, 5.41) is 4.74. The van der Waals surface area contributed by atoms with Gasteiger partial charge in [0.05, 0.1) is 21.3 Å². The molecule has 0 saturated carbocycles. The summed E-state index contributed by atoms with van der Waals surface area (Å²) in [4.78, 5) is 4.26. The van der Waals surface area contributed by atoms with E-state index in [-0.39, 0.29) is 0 Å². The number of nitrogens with zero attached hydrogens (tertiary/aromatic N) is 2. The largest absolute Gasteiger partial charge is 0.323 e. The maximum absolute atomic E-state index is 5.94. The molecule has 0 saturated heterocycles. The van der Waals surface area contributed by atoms with E-state index in [0.717, 1.165) is 12.0 Å². The first kappa shape index (κ1) is 16.0. The minimum Gasteiger partial charge on any atom is -0.323 e. The molecule has 0 bridgehead atoms. The Bertz CT molecular complexity index is 490. The Balaban J connectivity index is 2.56. The van der Waals surface area contributed by atoms with E-state index in [1.165, 1.54) is 0 Å². The van der Waals surface area contributed by atoms with Crippen LogP contribution in [0.15, 0.2) is 28.3 Å². The summed E-state index contributed by atoms with van der Waals surface area (Å²) in [7, 11) is 0. The van der Waals surface area contributed by atoms with Gasteiger partial charge in [0.2, 0.25) is 0 Å². The monoisotopic (exact) mass is 300 g/mol. The fourth-order valence-electron chi connectivity index (χ4n) is 1.41. The van der Waals surface area contributed by atoms with Crippen molar-refractivity contribution < 1.29 is 0 Å². The van der Waals surface area contributed by atoms with Crippen LogP contribution in [0.1, 0.15) is 19.4 Å². The SMILES string of the molecule is CC(C)(N)/C(C=NCCc1ccc(Cl)c(Cl)c1)=N/N. The predicted octanol–water partition coefficient (Wildman–Crippen LogP) is 2.66. The molecule has 6 heteroatoms. The number of nitrogens with two attached hydrogens (primary N) is 2. The van der Waals surface area contributed by atoms with Crippen molar-refractivity contribution in [2.45, 2.75) is 25.8 Å². The topological polar surface area (TPSA) is 76.8 Å². The highest BCUT2D eigenvalue weighted by atomic mass is 35.5. The van der Waals surface area contributed by atoms with Gasteiger partial charge in [-0.15, -0.1) is 0 Å². The highest BCUT2D eigenvalue weighted by Crippen LogP contribution is 2.22. The van der Waals surface area contributed by atoms with Crippen LogP contribution in [0, 0.1) is 0 Å². The van der Waals surface area contributed by atoms with Gasteiger partial charge in [-0.05, 0) is 38.0 Å². The average molecular weight is 301 g/mol. The van der Waals surface area contributed by atoms with Gasteiger partial charge in [0.15, 0.2) is 0 Å². The predicted molar refractivity (Wildman–Crippen MR) is 83.4 cm³/mol. The summed E-state index contributed by atoms with van der Waals surface area (Å²) in [5.41, 5.74) is 6.92. The van der Waals surface area contributed by atoms with Crippen LogP contribution in [-0.2, 0) is 6.42 Å². The van der Waals surface area contributed by atoms with Crippen molar-refractivity contribution in [3.05, 3.63) is 33.8 Å². The van der Waals surface area contributed by atoms with E-state index >= 15 is 0 Å². The minimum atomic E-state index is -0.595. The summed E-state index contributed by atoms with van der Waals surface area (Å²) in [6, 6.07) is 5.54. The quantitative estimate of drug-likeness (QED) is 0.498. The Labute approximate surface area is 123 Å². The van der Waals surface area contributed by atoms with E-state index < -0.39 is 5.54 Å². The molecular weight excluding hydrogens is 283 g/mol. The fraction of sp³-hybridized carbons (Fsp3) is 0.385. The number of hydrogen-bond acceptors (Lipinski definition) is 4. The summed E-state index contributed by atoms with van der Waals surface area (Å²) in [6.07, 6.45) is 2.37. The van der Waals surface area contributed by atoms with Crippen LogP contribution in [0.2, 0.25) is 10.0 Å². The van der Waals surface area contributed by atoms with E-state index in [1.807, 2.05) is 26.0 Å². The summed E-state index contributed by atoms with van der Waals surface area (Å²) < 4.78 is 0. The van der Waals surface area contributed by atoms with Crippen molar-refractivity contribution >= 4 is 35.1 Å². The van der Waals surface area contributed by atoms with Gasteiger partial charge in [-0.2, -0.15) is 5.10 Å². The first-order valence-corrected chi connectivity index (χ1v) is 6.61. The molecule has 0 heterocycles. The van der Waals surface area contributed by atoms with Crippen LogP contribution in [0.25, 0.3) is 0 Å². The molecule has 0 aliphatic rings. The van der Waals surface area contributed by atoms with E-state index in [2.05, 4.69) is 10.1 Å². The van der Waals surface area contributed by atoms with Gasteiger partial charge in [-0.25, -0.2) is 0 Å². The van der Waals surface area contributed by atoms with Crippen LogP contribution >= 0.6 is 23.2 Å². The molecule has 0 aliphatic heterocycles. The molecule has 0 amide bonds. The maximum atomic E-state index is 5.94. The molecule has 4 N–H and O–H groups in total. The minimum absolute atomic E-state index is 0.551. The Hall–Kier alpha value is -1.10. The standard InChI is InChI=1S/C13H18Cl2N4/c1-13(2,16)12(19-17)8-18-6-5-9-3-4-10(14)11(15)7-9/h3-4,7-8H,5-6,16-17H2,1-2H3/b18-8?,19-12+. The second-order valence-electron chi connectivity index (χ2n) is 4.77. The van der Waals surface area contributed by atoms with Crippen molar-refractivity contribution in [2.24, 2.45) is 21.7 Å². The lowest BCUT2D eigenvalue weighted by Crippen LogP contribution is -2.43. The lowest BCUT2D eigenvalue weighted by Gasteiger charge is -2.16. The highest BCUT2D eigenvalue weighted by molar-refractivity contribution is 6.42. The van der Waals surface area contributed by atoms with E-state index in [0.29, 0.717) is 22.3 Å². The number of rotatable bonds is 5. The number of aliphatic imine (C=N–C) groups is 1. The molecule has 1 aromatic rings. The second kappa shape index (κ2) is 6.89. The van der Waals surface area contributed by atoms with Crippen molar-refractivity contribution in [3.63, 3.8) is 0 Å². The van der Waals surface area contributed by atoms with Crippen LogP contribution < -0.4 is 11.6 Å². The molecule has 0 atom stereocenters. The molecule has 0 unspecified atom stereocenters. The number of halogens is 2. The third kappa shape index (κ3) is 5.19. The number of hydrogen-bond donors (Lipinski definition) is 2. The number of benzene rings is 1. The van der Waals surface area contributed by atoms with Gasteiger partial charge in [0.25, 0.3) is 0 Å². The molecule has 0 spiro atoms. The smallest absolute Gasteiger partial charge is 0.0970 e. The first-order valence-electron chi connectivity index (χ1n) is 5.85. The van der Waals surface area contributed by atoms with Crippen LogP contribution in [-0.4, -0.2) is 24.0 Å². The summed E-state index contributed by atoms with van der Waals surface area (Å²) in [5.74, 6) is 5.27. The molecule has 19 heavy (non-hydrogen) atoms. The van der Waals surface area contributed by atoms with Gasteiger partial charge < -0.3 is 11.6 Å². The zero-order valence-electron chi connectivity index (χ0n) is 11.0. The zero-order valence-corrected chi connectivity index (χ0v) is 12.5. The fourth-order valence-corrected chi connectivity index (χ4v) is 1.73. The molecular formula is C13H18Cl2N4. The van der Waals surface area contributed by atoms with Crippen molar-refractivity contribution in [1.29, 1.82) is 0 Å². The molecule has 0 aliphatic carbocycles. The summed E-state index contributed by atoms with van der Waals surface area (Å²) >= 11 is 11.8.